The highest BCUT2D eigenvalue weighted by Gasteiger charge is 2.40. The fourth-order valence-corrected chi connectivity index (χ4v) is 4.46. The van der Waals surface area contributed by atoms with Crippen LogP contribution in [0.25, 0.3) is 0 Å². The van der Waals surface area contributed by atoms with Crippen LogP contribution in [0.5, 0.6) is 5.75 Å². The zero-order chi connectivity index (χ0) is 16.8. The normalized spacial score (nSPS) is 21.3. The van der Waals surface area contributed by atoms with Crippen molar-refractivity contribution in [2.45, 2.75) is 18.7 Å². The van der Waals surface area contributed by atoms with Gasteiger partial charge in [0.15, 0.2) is 0 Å². The molecule has 3 nitrogen and oxygen atoms in total. The first kappa shape index (κ1) is 15.2. The SMILES string of the molecule is Brc1ccc([C@H]2Oc3ccccc3[C@H]3CC(c4cccs4)=NN32)cc1. The van der Waals surface area contributed by atoms with Crippen molar-refractivity contribution in [3.05, 3.63) is 86.5 Å². The van der Waals surface area contributed by atoms with Crippen LogP contribution in [-0.2, 0) is 0 Å². The van der Waals surface area contributed by atoms with Gasteiger partial charge in [0.1, 0.15) is 5.75 Å². The first-order valence-electron chi connectivity index (χ1n) is 8.20. The molecule has 0 radical (unpaired) electrons. The molecule has 3 heterocycles. The molecule has 2 atom stereocenters. The number of para-hydroxylation sites is 1. The van der Waals surface area contributed by atoms with Crippen molar-refractivity contribution in [2.24, 2.45) is 5.10 Å². The lowest BCUT2D eigenvalue weighted by Gasteiger charge is -2.38. The lowest BCUT2D eigenvalue weighted by atomic mass is 9.98. The molecule has 1 aromatic heterocycles. The maximum absolute atomic E-state index is 6.34. The fourth-order valence-electron chi connectivity index (χ4n) is 3.47. The summed E-state index contributed by atoms with van der Waals surface area (Å²) in [5.41, 5.74) is 3.47. The van der Waals surface area contributed by atoms with Crippen LogP contribution in [0.4, 0.5) is 0 Å². The van der Waals surface area contributed by atoms with Crippen LogP contribution in [0.3, 0.4) is 0 Å². The van der Waals surface area contributed by atoms with E-state index in [2.05, 4.69) is 68.8 Å². The van der Waals surface area contributed by atoms with E-state index in [1.807, 2.05) is 18.2 Å². The first-order chi connectivity index (χ1) is 12.3. The van der Waals surface area contributed by atoms with Crippen LogP contribution in [-0.4, -0.2) is 10.7 Å². The molecule has 0 unspecified atom stereocenters. The molecular formula is C20H15BrN2OS. The molecule has 0 amide bonds. The highest BCUT2D eigenvalue weighted by atomic mass is 79.9. The van der Waals surface area contributed by atoms with Crippen molar-refractivity contribution in [1.29, 1.82) is 0 Å². The predicted molar refractivity (Wildman–Crippen MR) is 104 cm³/mol. The van der Waals surface area contributed by atoms with Gasteiger partial charge < -0.3 is 4.74 Å². The van der Waals surface area contributed by atoms with Gasteiger partial charge >= 0.3 is 0 Å². The third-order valence-electron chi connectivity index (χ3n) is 4.66. The zero-order valence-electron chi connectivity index (χ0n) is 13.3. The first-order valence-corrected chi connectivity index (χ1v) is 9.87. The quantitative estimate of drug-likeness (QED) is 0.536. The number of halogens is 1. The van der Waals surface area contributed by atoms with E-state index < -0.39 is 0 Å². The van der Waals surface area contributed by atoms with Crippen molar-refractivity contribution in [1.82, 2.24) is 5.01 Å². The van der Waals surface area contributed by atoms with Gasteiger partial charge in [0.2, 0.25) is 6.23 Å². The van der Waals surface area contributed by atoms with E-state index in [9.17, 15) is 0 Å². The minimum Gasteiger partial charge on any atom is -0.464 e. The Balaban J connectivity index is 1.60. The van der Waals surface area contributed by atoms with Crippen molar-refractivity contribution in [3.8, 4) is 5.75 Å². The molecular weight excluding hydrogens is 396 g/mol. The standard InChI is InChI=1S/C20H15BrN2OS/c21-14-9-7-13(8-10-14)20-23-17(15-4-1-2-5-18(15)24-20)12-16(22-23)19-6-3-11-25-19/h1-11,17,20H,12H2/t17-,20-/m1/s1. The van der Waals surface area contributed by atoms with E-state index in [0.29, 0.717) is 0 Å². The van der Waals surface area contributed by atoms with Gasteiger partial charge in [-0.3, -0.25) is 0 Å². The molecule has 3 aromatic rings. The Morgan fingerprint density at radius 3 is 2.68 bits per heavy atom. The number of ether oxygens (including phenoxy) is 1. The molecule has 0 aliphatic carbocycles. The third kappa shape index (κ3) is 2.58. The van der Waals surface area contributed by atoms with Crippen molar-refractivity contribution in [2.75, 3.05) is 0 Å². The Hall–Kier alpha value is -2.11. The van der Waals surface area contributed by atoms with Crippen LogP contribution >= 0.6 is 27.3 Å². The average Bonchev–Trinajstić information content (AvgIpc) is 3.31. The van der Waals surface area contributed by atoms with Crippen molar-refractivity contribution >= 4 is 33.0 Å². The molecule has 0 fully saturated rings. The summed E-state index contributed by atoms with van der Waals surface area (Å²) in [6, 6.07) is 21.0. The molecule has 0 saturated heterocycles. The number of nitrogens with zero attached hydrogens (tertiary/aromatic N) is 2. The molecule has 5 rings (SSSR count). The summed E-state index contributed by atoms with van der Waals surface area (Å²) >= 11 is 5.25. The molecule has 0 spiro atoms. The van der Waals surface area contributed by atoms with Crippen LogP contribution in [0.1, 0.15) is 34.7 Å². The molecule has 5 heteroatoms. The van der Waals surface area contributed by atoms with Gasteiger partial charge in [-0.05, 0) is 29.6 Å². The molecule has 0 saturated carbocycles. The van der Waals surface area contributed by atoms with Gasteiger partial charge in [0.05, 0.1) is 16.6 Å². The van der Waals surface area contributed by atoms with E-state index in [1.54, 1.807) is 11.3 Å². The van der Waals surface area contributed by atoms with Gasteiger partial charge in [-0.1, -0.05) is 52.3 Å². The van der Waals surface area contributed by atoms with Gasteiger partial charge in [-0.25, -0.2) is 5.01 Å². The van der Waals surface area contributed by atoms with Crippen molar-refractivity contribution in [3.63, 3.8) is 0 Å². The minimum atomic E-state index is -0.203. The van der Waals surface area contributed by atoms with Crippen LogP contribution in [0, 0.1) is 0 Å². The lowest BCUT2D eigenvalue weighted by Crippen LogP contribution is -2.33. The summed E-state index contributed by atoms with van der Waals surface area (Å²) in [4.78, 5) is 1.24. The van der Waals surface area contributed by atoms with Crippen LogP contribution in [0.15, 0.2) is 75.6 Å². The second-order valence-corrected chi connectivity index (χ2v) is 8.05. The topological polar surface area (TPSA) is 24.8 Å². The number of hydrogen-bond donors (Lipinski definition) is 0. The monoisotopic (exact) mass is 410 g/mol. The average molecular weight is 411 g/mol. The minimum absolute atomic E-state index is 0.203. The number of thiophene rings is 1. The molecule has 2 aliphatic rings. The van der Waals surface area contributed by atoms with Gasteiger partial charge in [-0.2, -0.15) is 5.10 Å². The van der Waals surface area contributed by atoms with E-state index in [0.717, 1.165) is 27.9 Å². The Morgan fingerprint density at radius 1 is 1.04 bits per heavy atom. The largest absolute Gasteiger partial charge is 0.464 e. The van der Waals surface area contributed by atoms with Gasteiger partial charge in [-0.15, -0.1) is 11.3 Å². The summed E-state index contributed by atoms with van der Waals surface area (Å²) < 4.78 is 7.41. The molecule has 0 bridgehead atoms. The Morgan fingerprint density at radius 2 is 1.88 bits per heavy atom. The smallest absolute Gasteiger partial charge is 0.213 e. The van der Waals surface area contributed by atoms with Crippen molar-refractivity contribution < 1.29 is 4.74 Å². The Bertz CT molecular complexity index is 937. The Labute approximate surface area is 158 Å². The summed E-state index contributed by atoms with van der Waals surface area (Å²) in [5, 5.41) is 9.18. The summed E-state index contributed by atoms with van der Waals surface area (Å²) in [6.07, 6.45) is 0.707. The number of benzene rings is 2. The number of rotatable bonds is 2. The van der Waals surface area contributed by atoms with Crippen LogP contribution < -0.4 is 4.74 Å². The fraction of sp³-hybridized carbons (Fsp3) is 0.150. The molecule has 0 N–H and O–H groups in total. The van der Waals surface area contributed by atoms with Gasteiger partial charge in [0.25, 0.3) is 0 Å². The highest BCUT2D eigenvalue weighted by Crippen LogP contribution is 2.47. The summed E-state index contributed by atoms with van der Waals surface area (Å²) in [5.74, 6) is 0.958. The maximum atomic E-state index is 6.34. The van der Waals surface area contributed by atoms with E-state index in [-0.39, 0.29) is 12.3 Å². The van der Waals surface area contributed by atoms with E-state index in [1.165, 1.54) is 10.4 Å². The van der Waals surface area contributed by atoms with Crippen LogP contribution in [0.2, 0.25) is 0 Å². The maximum Gasteiger partial charge on any atom is 0.213 e. The number of hydrazone groups is 1. The van der Waals surface area contributed by atoms with E-state index >= 15 is 0 Å². The lowest BCUT2D eigenvalue weighted by molar-refractivity contribution is -0.0190. The summed E-state index contributed by atoms with van der Waals surface area (Å²) in [6.45, 7) is 0. The second kappa shape index (κ2) is 6.00. The zero-order valence-corrected chi connectivity index (χ0v) is 15.7. The van der Waals surface area contributed by atoms with Gasteiger partial charge in [0, 0.05) is 22.0 Å². The second-order valence-electron chi connectivity index (χ2n) is 6.18. The number of hydrogen-bond acceptors (Lipinski definition) is 4. The van der Waals surface area contributed by atoms with E-state index in [4.69, 9.17) is 9.84 Å². The molecule has 2 aromatic carbocycles. The highest BCUT2D eigenvalue weighted by molar-refractivity contribution is 9.10. The molecule has 25 heavy (non-hydrogen) atoms. The predicted octanol–water partition coefficient (Wildman–Crippen LogP) is 5.75. The molecule has 2 aliphatic heterocycles. The Kier molecular flexibility index (Phi) is 3.64. The molecule has 124 valence electrons. The summed E-state index contributed by atoms with van der Waals surface area (Å²) in [7, 11) is 0. The third-order valence-corrected chi connectivity index (χ3v) is 6.11. The number of fused-ring (bicyclic) bond motifs is 3.